The Morgan fingerprint density at radius 1 is 1.07 bits per heavy atom. The van der Waals surface area contributed by atoms with Crippen LogP contribution in [0, 0.1) is 10.8 Å². The van der Waals surface area contributed by atoms with Gasteiger partial charge in [-0.05, 0) is 38.1 Å². The van der Waals surface area contributed by atoms with E-state index in [-0.39, 0.29) is 16.9 Å². The second kappa shape index (κ2) is 9.97. The van der Waals surface area contributed by atoms with Crippen molar-refractivity contribution in [2.24, 2.45) is 10.8 Å². The topological polar surface area (TPSA) is 54.0 Å². The Balaban J connectivity index is 1.90. The highest BCUT2D eigenvalue weighted by molar-refractivity contribution is 6.76. The van der Waals surface area contributed by atoms with E-state index in [1.165, 1.54) is 0 Å². The van der Waals surface area contributed by atoms with Crippen LogP contribution in [0.2, 0.25) is 25.7 Å². The van der Waals surface area contributed by atoms with Crippen molar-refractivity contribution in [3.8, 4) is 0 Å². The van der Waals surface area contributed by atoms with Crippen molar-refractivity contribution < 1.29 is 23.7 Å². The third-order valence-electron chi connectivity index (χ3n) is 6.72. The average molecular weight is 401 g/mol. The first-order valence-electron chi connectivity index (χ1n) is 10.5. The van der Waals surface area contributed by atoms with Gasteiger partial charge in [0.25, 0.3) is 0 Å². The summed E-state index contributed by atoms with van der Waals surface area (Å²) in [5.41, 5.74) is -0.392. The Morgan fingerprint density at radius 3 is 2.56 bits per heavy atom. The summed E-state index contributed by atoms with van der Waals surface area (Å²) in [5.74, 6) is 0.414. The van der Waals surface area contributed by atoms with Gasteiger partial charge < -0.3 is 18.9 Å². The summed E-state index contributed by atoms with van der Waals surface area (Å²) in [6, 6.07) is 1.15. The lowest BCUT2D eigenvalue weighted by Crippen LogP contribution is -2.50. The van der Waals surface area contributed by atoms with Gasteiger partial charge in [0.2, 0.25) is 0 Å². The summed E-state index contributed by atoms with van der Waals surface area (Å²) in [5, 5.41) is 0. The van der Waals surface area contributed by atoms with Crippen LogP contribution in [0.25, 0.3) is 0 Å². The molecule has 5 nitrogen and oxygen atoms in total. The van der Waals surface area contributed by atoms with Crippen LogP contribution in [-0.2, 0) is 23.7 Å². The molecule has 0 aromatic carbocycles. The van der Waals surface area contributed by atoms with E-state index in [1.54, 1.807) is 7.11 Å². The van der Waals surface area contributed by atoms with Crippen LogP contribution in [0.1, 0.15) is 45.4 Å². The predicted octanol–water partition coefficient (Wildman–Crippen LogP) is 4.28. The zero-order chi connectivity index (χ0) is 20.0. The van der Waals surface area contributed by atoms with Crippen LogP contribution in [-0.4, -0.2) is 60.3 Å². The fourth-order valence-corrected chi connectivity index (χ4v) is 5.64. The number of ether oxygens (including phenoxy) is 4. The molecule has 0 radical (unpaired) electrons. The van der Waals surface area contributed by atoms with Gasteiger partial charge in [-0.25, -0.2) is 0 Å². The molecular formula is C21H40O5Si. The second-order valence-corrected chi connectivity index (χ2v) is 15.3. The molecule has 2 aliphatic rings. The first kappa shape index (κ1) is 23.0. The summed E-state index contributed by atoms with van der Waals surface area (Å²) in [4.78, 5) is 13.0. The maximum atomic E-state index is 13.0. The molecule has 2 saturated carbocycles. The SMILES string of the molecule is COCCOCC[C@]12CC[C@H](OCOCC[Si](C)(C)C)[C@@]1(C)CCCC2=O. The zero-order valence-corrected chi connectivity index (χ0v) is 19.1. The number of carbonyl (C=O) groups excluding carboxylic acids is 1. The number of ketones is 1. The minimum absolute atomic E-state index is 0.102. The summed E-state index contributed by atoms with van der Waals surface area (Å²) in [6.45, 7) is 12.2. The molecule has 0 saturated heterocycles. The molecule has 3 atom stereocenters. The molecule has 0 aromatic heterocycles. The van der Waals surface area contributed by atoms with E-state index in [0.29, 0.717) is 38.8 Å². The lowest BCUT2D eigenvalue weighted by molar-refractivity contribution is -0.162. The summed E-state index contributed by atoms with van der Waals surface area (Å²) in [6.07, 6.45) is 5.48. The van der Waals surface area contributed by atoms with Gasteiger partial charge in [-0.2, -0.15) is 0 Å². The van der Waals surface area contributed by atoms with Gasteiger partial charge in [-0.3, -0.25) is 4.79 Å². The lowest BCUT2D eigenvalue weighted by atomic mass is 9.56. The number of Topliss-reactive ketones (excluding diaryl/α,β-unsaturated/α-hetero) is 1. The monoisotopic (exact) mass is 400 g/mol. The third kappa shape index (κ3) is 5.63. The van der Waals surface area contributed by atoms with Crippen LogP contribution in [0.4, 0.5) is 0 Å². The van der Waals surface area contributed by atoms with Crippen molar-refractivity contribution >= 4 is 13.9 Å². The fourth-order valence-electron chi connectivity index (χ4n) is 4.88. The lowest BCUT2D eigenvalue weighted by Gasteiger charge is -2.48. The number of rotatable bonds is 12. The van der Waals surface area contributed by atoms with Crippen LogP contribution in [0.15, 0.2) is 0 Å². The number of hydrogen-bond acceptors (Lipinski definition) is 5. The normalized spacial score (nSPS) is 31.3. The Hall–Kier alpha value is -0.273. The maximum Gasteiger partial charge on any atom is 0.147 e. The molecule has 6 heteroatoms. The van der Waals surface area contributed by atoms with Crippen LogP contribution >= 0.6 is 0 Å². The maximum absolute atomic E-state index is 13.0. The van der Waals surface area contributed by atoms with Crippen molar-refractivity contribution in [3.05, 3.63) is 0 Å². The van der Waals surface area contributed by atoms with Crippen molar-refractivity contribution in [1.29, 1.82) is 0 Å². The summed E-state index contributed by atoms with van der Waals surface area (Å²) in [7, 11) is 0.600. The van der Waals surface area contributed by atoms with Gasteiger partial charge in [-0.15, -0.1) is 0 Å². The largest absolute Gasteiger partial charge is 0.382 e. The van der Waals surface area contributed by atoms with Gasteiger partial charge in [0.15, 0.2) is 0 Å². The van der Waals surface area contributed by atoms with Crippen LogP contribution in [0.3, 0.4) is 0 Å². The molecule has 0 N–H and O–H groups in total. The Kier molecular flexibility index (Phi) is 8.49. The molecule has 0 heterocycles. The van der Waals surface area contributed by atoms with Gasteiger partial charge in [0, 0.05) is 45.6 Å². The van der Waals surface area contributed by atoms with E-state index in [1.807, 2.05) is 0 Å². The molecule has 0 aromatic rings. The van der Waals surface area contributed by atoms with E-state index >= 15 is 0 Å². The minimum atomic E-state index is -1.08. The Labute approximate surface area is 166 Å². The first-order valence-corrected chi connectivity index (χ1v) is 14.3. The van der Waals surface area contributed by atoms with Crippen molar-refractivity contribution in [3.63, 3.8) is 0 Å². The molecule has 2 fully saturated rings. The minimum Gasteiger partial charge on any atom is -0.382 e. The van der Waals surface area contributed by atoms with Crippen LogP contribution in [0.5, 0.6) is 0 Å². The molecular weight excluding hydrogens is 360 g/mol. The number of carbonyl (C=O) groups is 1. The molecule has 0 spiro atoms. The molecule has 0 unspecified atom stereocenters. The van der Waals surface area contributed by atoms with Crippen LogP contribution < -0.4 is 0 Å². The highest BCUT2D eigenvalue weighted by Crippen LogP contribution is 2.61. The number of methoxy groups -OCH3 is 1. The highest BCUT2D eigenvalue weighted by Gasteiger charge is 2.62. The quantitative estimate of drug-likeness (QED) is 0.278. The van der Waals surface area contributed by atoms with Crippen molar-refractivity contribution in [1.82, 2.24) is 0 Å². The third-order valence-corrected chi connectivity index (χ3v) is 8.43. The second-order valence-electron chi connectivity index (χ2n) is 9.66. The average Bonchev–Trinajstić information content (AvgIpc) is 2.88. The van der Waals surface area contributed by atoms with Gasteiger partial charge >= 0.3 is 0 Å². The Morgan fingerprint density at radius 2 is 1.85 bits per heavy atom. The van der Waals surface area contributed by atoms with E-state index < -0.39 is 8.07 Å². The summed E-state index contributed by atoms with van der Waals surface area (Å²) < 4.78 is 22.7. The van der Waals surface area contributed by atoms with E-state index in [0.717, 1.165) is 44.8 Å². The number of fused-ring (bicyclic) bond motifs is 1. The molecule has 27 heavy (non-hydrogen) atoms. The standard InChI is InChI=1S/C21H40O5Si/c1-20-9-6-7-18(22)21(20,11-12-24-14-13-23-2)10-8-19(20)26-17-25-15-16-27(3,4)5/h19H,6-17H2,1-5H3/t19-,20+,21-/m0/s1. The Bertz CT molecular complexity index is 478. The summed E-state index contributed by atoms with van der Waals surface area (Å²) >= 11 is 0. The number of hydrogen-bond donors (Lipinski definition) is 0. The molecule has 0 amide bonds. The predicted molar refractivity (Wildman–Crippen MR) is 110 cm³/mol. The fraction of sp³-hybridized carbons (Fsp3) is 0.952. The zero-order valence-electron chi connectivity index (χ0n) is 18.1. The van der Waals surface area contributed by atoms with Gasteiger partial charge in [0.1, 0.15) is 12.6 Å². The highest BCUT2D eigenvalue weighted by atomic mass is 28.3. The first-order chi connectivity index (χ1) is 12.8. The van der Waals surface area contributed by atoms with E-state index in [9.17, 15) is 4.79 Å². The van der Waals surface area contributed by atoms with E-state index in [2.05, 4.69) is 26.6 Å². The van der Waals surface area contributed by atoms with Gasteiger partial charge in [0.05, 0.1) is 19.3 Å². The molecule has 2 aliphatic carbocycles. The molecule has 0 bridgehead atoms. The molecule has 158 valence electrons. The van der Waals surface area contributed by atoms with E-state index in [4.69, 9.17) is 18.9 Å². The smallest absolute Gasteiger partial charge is 0.147 e. The van der Waals surface area contributed by atoms with Gasteiger partial charge in [-0.1, -0.05) is 26.6 Å². The van der Waals surface area contributed by atoms with Crippen molar-refractivity contribution in [2.75, 3.05) is 40.3 Å². The van der Waals surface area contributed by atoms with Crippen molar-refractivity contribution in [2.45, 2.75) is 77.2 Å². The molecule has 0 aliphatic heterocycles. The molecule has 2 rings (SSSR count).